The van der Waals surface area contributed by atoms with E-state index in [1.54, 1.807) is 0 Å². The van der Waals surface area contributed by atoms with E-state index >= 15 is 0 Å². The van der Waals surface area contributed by atoms with E-state index in [2.05, 4.69) is 4.98 Å². The average molecular weight is 206 g/mol. The van der Waals surface area contributed by atoms with E-state index in [9.17, 15) is 23.3 Å². The fourth-order valence-electron chi connectivity index (χ4n) is 0.902. The molecule has 0 N–H and O–H groups in total. The number of halogens is 3. The van der Waals surface area contributed by atoms with Crippen LogP contribution in [0.3, 0.4) is 0 Å². The number of pyridine rings is 1. The normalized spacial score (nSPS) is 10.6. The lowest BCUT2D eigenvalue weighted by molar-refractivity contribution is -0.389. The largest absolute Gasteiger partial charge is 0.364 e. The van der Waals surface area contributed by atoms with Crippen molar-refractivity contribution in [3.63, 3.8) is 0 Å². The Kier molecular flexibility index (Phi) is 2.68. The summed E-state index contributed by atoms with van der Waals surface area (Å²) in [5, 5.41) is 10.2. The Bertz CT molecular complexity index is 381. The molecule has 0 aliphatic rings. The molecule has 4 nitrogen and oxygen atoms in total. The summed E-state index contributed by atoms with van der Waals surface area (Å²) in [6, 6.07) is 0.807. The Morgan fingerprint density at radius 2 is 2.14 bits per heavy atom. The van der Waals surface area contributed by atoms with E-state index in [0.717, 1.165) is 13.0 Å². The fraction of sp³-hybridized carbons (Fsp3) is 0.286. The second-order valence-corrected chi connectivity index (χ2v) is 2.55. The number of alkyl halides is 2. The summed E-state index contributed by atoms with van der Waals surface area (Å²) in [6.07, 6.45) is -3.16. The zero-order valence-corrected chi connectivity index (χ0v) is 7.00. The highest BCUT2D eigenvalue weighted by atomic mass is 19.3. The molecule has 1 aromatic heterocycles. The van der Waals surface area contributed by atoms with Crippen LogP contribution in [0.1, 0.15) is 17.7 Å². The highest BCUT2D eigenvalue weighted by molar-refractivity contribution is 5.30. The molecule has 14 heavy (non-hydrogen) atoms. The summed E-state index contributed by atoms with van der Waals surface area (Å²) in [5.41, 5.74) is -1.40. The zero-order chi connectivity index (χ0) is 10.9. The minimum Gasteiger partial charge on any atom is -0.358 e. The van der Waals surface area contributed by atoms with Gasteiger partial charge in [-0.25, -0.2) is 13.2 Å². The van der Waals surface area contributed by atoms with Gasteiger partial charge in [-0.1, -0.05) is 0 Å². The molecule has 0 atom stereocenters. The molecule has 0 bridgehead atoms. The maximum Gasteiger partial charge on any atom is 0.364 e. The van der Waals surface area contributed by atoms with Gasteiger partial charge in [0.05, 0.1) is 0 Å². The molecule has 0 radical (unpaired) electrons. The van der Waals surface area contributed by atoms with Crippen molar-refractivity contribution in [2.75, 3.05) is 0 Å². The van der Waals surface area contributed by atoms with Crippen molar-refractivity contribution in [2.45, 2.75) is 13.3 Å². The van der Waals surface area contributed by atoms with Crippen LogP contribution in [0.15, 0.2) is 6.07 Å². The third-order valence-corrected chi connectivity index (χ3v) is 1.55. The minimum atomic E-state index is -3.16. The van der Waals surface area contributed by atoms with Gasteiger partial charge in [0.2, 0.25) is 0 Å². The van der Waals surface area contributed by atoms with Gasteiger partial charge in [-0.2, -0.15) is 0 Å². The van der Waals surface area contributed by atoms with Crippen LogP contribution in [-0.2, 0) is 0 Å². The Hall–Kier alpha value is -1.66. The molecule has 0 fully saturated rings. The maximum absolute atomic E-state index is 12.9. The van der Waals surface area contributed by atoms with Crippen molar-refractivity contribution < 1.29 is 18.1 Å². The zero-order valence-electron chi connectivity index (χ0n) is 7.00. The third kappa shape index (κ3) is 1.81. The molecular formula is C7H5F3N2O2. The molecule has 0 spiro atoms. The summed E-state index contributed by atoms with van der Waals surface area (Å²) < 4.78 is 37.2. The van der Waals surface area contributed by atoms with Crippen LogP contribution in [0.2, 0.25) is 0 Å². The average Bonchev–Trinajstić information content (AvgIpc) is 2.08. The number of nitro groups is 1. The van der Waals surface area contributed by atoms with Crippen molar-refractivity contribution in [3.8, 4) is 0 Å². The molecular weight excluding hydrogens is 201 g/mol. The van der Waals surface area contributed by atoms with Crippen molar-refractivity contribution in [3.05, 3.63) is 33.3 Å². The third-order valence-electron chi connectivity index (χ3n) is 1.55. The standard InChI is InChI=1S/C7H5F3N2O2/c1-3-2-4(12(13)14)11-6(5(3)8)7(9)10/h2,7H,1H3. The van der Waals surface area contributed by atoms with Crippen LogP contribution in [0, 0.1) is 22.9 Å². The van der Waals surface area contributed by atoms with Crippen molar-refractivity contribution in [2.24, 2.45) is 0 Å². The van der Waals surface area contributed by atoms with Gasteiger partial charge < -0.3 is 10.1 Å². The van der Waals surface area contributed by atoms with Gasteiger partial charge >= 0.3 is 12.2 Å². The summed E-state index contributed by atoms with van der Waals surface area (Å²) in [4.78, 5) is 12.2. The molecule has 0 saturated carbocycles. The van der Waals surface area contributed by atoms with Crippen LogP contribution < -0.4 is 0 Å². The molecule has 0 aliphatic carbocycles. The van der Waals surface area contributed by atoms with Gasteiger partial charge in [0.25, 0.3) is 5.69 Å². The molecule has 0 saturated heterocycles. The van der Waals surface area contributed by atoms with Gasteiger partial charge in [0, 0.05) is 6.07 Å². The molecule has 0 unspecified atom stereocenters. The van der Waals surface area contributed by atoms with Crippen LogP contribution in [-0.4, -0.2) is 9.91 Å². The SMILES string of the molecule is Cc1cc([N+](=O)[O-])nc(C(F)F)c1F. The quantitative estimate of drug-likeness (QED) is 0.551. The molecule has 0 aromatic carbocycles. The van der Waals surface area contributed by atoms with Crippen LogP contribution in [0.5, 0.6) is 0 Å². The molecule has 7 heteroatoms. The predicted octanol–water partition coefficient (Wildman–Crippen LogP) is 2.37. The van der Waals surface area contributed by atoms with Crippen LogP contribution in [0.4, 0.5) is 19.0 Å². The Morgan fingerprint density at radius 1 is 1.57 bits per heavy atom. The minimum absolute atomic E-state index is 0.220. The molecule has 1 heterocycles. The lowest BCUT2D eigenvalue weighted by Crippen LogP contribution is -2.02. The van der Waals surface area contributed by atoms with Gasteiger partial charge in [-0.15, -0.1) is 0 Å². The maximum atomic E-state index is 12.9. The van der Waals surface area contributed by atoms with Gasteiger partial charge in [-0.05, 0) is 22.4 Å². The van der Waals surface area contributed by atoms with E-state index < -0.39 is 28.7 Å². The van der Waals surface area contributed by atoms with E-state index in [-0.39, 0.29) is 5.56 Å². The molecule has 0 amide bonds. The summed E-state index contributed by atoms with van der Waals surface area (Å²) in [5.74, 6) is -1.98. The Morgan fingerprint density at radius 3 is 2.57 bits per heavy atom. The Labute approximate surface area is 76.5 Å². The fourth-order valence-corrected chi connectivity index (χ4v) is 0.902. The first-order valence-electron chi connectivity index (χ1n) is 3.53. The number of nitrogens with zero attached hydrogens (tertiary/aromatic N) is 2. The number of hydrogen-bond acceptors (Lipinski definition) is 3. The van der Waals surface area contributed by atoms with Crippen LogP contribution >= 0.6 is 0 Å². The topological polar surface area (TPSA) is 56.0 Å². The van der Waals surface area contributed by atoms with Gasteiger partial charge in [0.1, 0.15) is 0 Å². The smallest absolute Gasteiger partial charge is 0.358 e. The van der Waals surface area contributed by atoms with Gasteiger partial charge in [0.15, 0.2) is 5.82 Å². The number of rotatable bonds is 2. The molecule has 1 rings (SSSR count). The summed E-state index contributed by atoms with van der Waals surface area (Å²) in [6.45, 7) is 1.16. The van der Waals surface area contributed by atoms with Crippen molar-refractivity contribution >= 4 is 5.82 Å². The van der Waals surface area contributed by atoms with E-state index in [4.69, 9.17) is 0 Å². The molecule has 0 aliphatic heterocycles. The van der Waals surface area contributed by atoms with Crippen LogP contribution in [0.25, 0.3) is 0 Å². The second kappa shape index (κ2) is 3.60. The van der Waals surface area contributed by atoms with E-state index in [0.29, 0.717) is 0 Å². The lowest BCUT2D eigenvalue weighted by Gasteiger charge is -2.00. The summed E-state index contributed by atoms with van der Waals surface area (Å²) in [7, 11) is 0. The summed E-state index contributed by atoms with van der Waals surface area (Å²) >= 11 is 0. The number of aromatic nitrogens is 1. The molecule has 76 valence electrons. The van der Waals surface area contributed by atoms with E-state index in [1.807, 2.05) is 0 Å². The first-order chi connectivity index (χ1) is 6.43. The van der Waals surface area contributed by atoms with E-state index in [1.165, 1.54) is 0 Å². The van der Waals surface area contributed by atoms with Crippen molar-refractivity contribution in [1.29, 1.82) is 0 Å². The highest BCUT2D eigenvalue weighted by Gasteiger charge is 2.25. The second-order valence-electron chi connectivity index (χ2n) is 2.55. The Balaban J connectivity index is 3.35. The first-order valence-corrected chi connectivity index (χ1v) is 3.53. The number of hydrogen-bond donors (Lipinski definition) is 0. The monoisotopic (exact) mass is 206 g/mol. The molecule has 1 aromatic rings. The lowest BCUT2D eigenvalue weighted by atomic mass is 10.2. The van der Waals surface area contributed by atoms with Gasteiger partial charge in [-0.3, -0.25) is 0 Å². The number of aryl methyl sites for hydroxylation is 1. The first kappa shape index (κ1) is 10.4. The highest BCUT2D eigenvalue weighted by Crippen LogP contribution is 2.24. The predicted molar refractivity (Wildman–Crippen MR) is 40.5 cm³/mol. The van der Waals surface area contributed by atoms with Crippen molar-refractivity contribution in [1.82, 2.24) is 4.98 Å².